The summed E-state index contributed by atoms with van der Waals surface area (Å²) in [6, 6.07) is 8.69. The van der Waals surface area contributed by atoms with E-state index in [1.807, 2.05) is 20.8 Å². The van der Waals surface area contributed by atoms with E-state index in [0.29, 0.717) is 13.0 Å². The number of nitrogens with one attached hydrogen (secondary N) is 3. The van der Waals surface area contributed by atoms with Gasteiger partial charge in [-0.1, -0.05) is 28.1 Å². The molecule has 138 valence electrons. The second-order valence-electron chi connectivity index (χ2n) is 6.88. The number of aliphatic imine (C=N–C) groups is 1. The van der Waals surface area contributed by atoms with Crippen molar-refractivity contribution >= 4 is 27.8 Å². The van der Waals surface area contributed by atoms with Crippen LogP contribution in [0.25, 0.3) is 0 Å². The summed E-state index contributed by atoms with van der Waals surface area (Å²) < 4.78 is 1.11. The van der Waals surface area contributed by atoms with Crippen LogP contribution in [0, 0.1) is 0 Å². The average Bonchev–Trinajstić information content (AvgIpc) is 3.33. The number of hydrogen-bond donors (Lipinski definition) is 3. The number of guanidine groups is 1. The average molecular weight is 409 g/mol. The third kappa shape index (κ3) is 6.34. The zero-order valence-electron chi connectivity index (χ0n) is 15.4. The molecule has 0 heterocycles. The number of amides is 1. The van der Waals surface area contributed by atoms with Crippen molar-refractivity contribution in [3.05, 3.63) is 34.3 Å². The van der Waals surface area contributed by atoms with Crippen LogP contribution >= 0.6 is 15.9 Å². The van der Waals surface area contributed by atoms with Gasteiger partial charge in [0.05, 0.1) is 6.54 Å². The van der Waals surface area contributed by atoms with Gasteiger partial charge in [0.2, 0.25) is 5.91 Å². The second kappa shape index (κ2) is 9.22. The SMILES string of the molecule is CCNC(=NCC1(c2cccc(Br)c2)CC1)NCCC(=O)NC(C)C. The number of benzene rings is 1. The molecule has 0 aliphatic heterocycles. The number of rotatable bonds is 8. The van der Waals surface area contributed by atoms with Crippen LogP contribution in [0.5, 0.6) is 0 Å². The molecule has 0 atom stereocenters. The Morgan fingerprint density at radius 3 is 2.68 bits per heavy atom. The first kappa shape index (κ1) is 19.8. The molecule has 1 saturated carbocycles. The Balaban J connectivity index is 1.90. The fourth-order valence-corrected chi connectivity index (χ4v) is 3.17. The van der Waals surface area contributed by atoms with Crippen molar-refractivity contribution in [2.45, 2.75) is 51.5 Å². The standard InChI is InChI=1S/C19H29BrN4O/c1-4-21-18(22-11-8-17(25)24-14(2)3)23-13-19(9-10-19)15-6-5-7-16(20)12-15/h5-7,12,14H,4,8-11,13H2,1-3H3,(H,24,25)(H2,21,22,23). The van der Waals surface area contributed by atoms with E-state index in [1.165, 1.54) is 18.4 Å². The highest BCUT2D eigenvalue weighted by atomic mass is 79.9. The first-order chi connectivity index (χ1) is 11.9. The quantitative estimate of drug-likeness (QED) is 0.457. The molecule has 0 unspecified atom stereocenters. The summed E-state index contributed by atoms with van der Waals surface area (Å²) in [5.74, 6) is 0.840. The van der Waals surface area contributed by atoms with Crippen LogP contribution in [0.3, 0.4) is 0 Å². The monoisotopic (exact) mass is 408 g/mol. The maximum absolute atomic E-state index is 11.7. The molecule has 25 heavy (non-hydrogen) atoms. The molecule has 0 spiro atoms. The van der Waals surface area contributed by atoms with Crippen LogP contribution in [-0.2, 0) is 10.2 Å². The van der Waals surface area contributed by atoms with E-state index in [4.69, 9.17) is 4.99 Å². The molecular weight excluding hydrogens is 380 g/mol. The summed E-state index contributed by atoms with van der Waals surface area (Å²) in [6.45, 7) is 8.12. The molecule has 0 radical (unpaired) electrons. The highest BCUT2D eigenvalue weighted by molar-refractivity contribution is 9.10. The zero-order valence-corrected chi connectivity index (χ0v) is 16.9. The topological polar surface area (TPSA) is 65.5 Å². The Morgan fingerprint density at radius 2 is 2.08 bits per heavy atom. The maximum Gasteiger partial charge on any atom is 0.221 e. The molecule has 1 aliphatic rings. The molecule has 1 aromatic carbocycles. The van der Waals surface area contributed by atoms with Gasteiger partial charge in [0.25, 0.3) is 0 Å². The highest BCUT2D eigenvalue weighted by Gasteiger charge is 2.44. The predicted octanol–water partition coefficient (Wildman–Crippen LogP) is 2.95. The van der Waals surface area contributed by atoms with E-state index in [0.717, 1.165) is 23.5 Å². The van der Waals surface area contributed by atoms with Crippen molar-refractivity contribution in [3.8, 4) is 0 Å². The van der Waals surface area contributed by atoms with E-state index >= 15 is 0 Å². The lowest BCUT2D eigenvalue weighted by atomic mass is 9.96. The minimum atomic E-state index is 0.0612. The summed E-state index contributed by atoms with van der Waals surface area (Å²) in [5, 5.41) is 9.41. The van der Waals surface area contributed by atoms with Crippen LogP contribution in [0.1, 0.15) is 45.6 Å². The zero-order chi connectivity index (χ0) is 18.3. The Labute approximate surface area is 159 Å². The van der Waals surface area contributed by atoms with Crippen molar-refractivity contribution in [2.75, 3.05) is 19.6 Å². The fraction of sp³-hybridized carbons (Fsp3) is 0.579. The molecular formula is C19H29BrN4O. The normalized spacial score (nSPS) is 15.8. The van der Waals surface area contributed by atoms with Crippen LogP contribution in [0.4, 0.5) is 0 Å². The number of nitrogens with zero attached hydrogens (tertiary/aromatic N) is 1. The molecule has 0 saturated heterocycles. The molecule has 3 N–H and O–H groups in total. The fourth-order valence-electron chi connectivity index (χ4n) is 2.77. The van der Waals surface area contributed by atoms with Crippen LogP contribution < -0.4 is 16.0 Å². The van der Waals surface area contributed by atoms with Gasteiger partial charge in [-0.05, 0) is 51.3 Å². The van der Waals surface area contributed by atoms with Crippen molar-refractivity contribution in [2.24, 2.45) is 4.99 Å². The largest absolute Gasteiger partial charge is 0.357 e. The lowest BCUT2D eigenvalue weighted by molar-refractivity contribution is -0.121. The summed E-state index contributed by atoms with van der Waals surface area (Å²) >= 11 is 3.55. The smallest absolute Gasteiger partial charge is 0.221 e. The Bertz CT molecular complexity index is 611. The summed E-state index contributed by atoms with van der Waals surface area (Å²) in [6.07, 6.45) is 2.78. The molecule has 6 heteroatoms. The third-order valence-corrected chi connectivity index (χ3v) is 4.76. The number of carbonyl (C=O) groups is 1. The summed E-state index contributed by atoms with van der Waals surface area (Å²) in [5.41, 5.74) is 1.51. The Morgan fingerprint density at radius 1 is 1.32 bits per heavy atom. The molecule has 1 fully saturated rings. The van der Waals surface area contributed by atoms with Gasteiger partial charge >= 0.3 is 0 Å². The van der Waals surface area contributed by atoms with Crippen molar-refractivity contribution in [1.82, 2.24) is 16.0 Å². The van der Waals surface area contributed by atoms with Gasteiger partial charge in [0, 0.05) is 35.4 Å². The van der Waals surface area contributed by atoms with E-state index < -0.39 is 0 Å². The molecule has 5 nitrogen and oxygen atoms in total. The van der Waals surface area contributed by atoms with Crippen molar-refractivity contribution in [1.29, 1.82) is 0 Å². The molecule has 1 aliphatic carbocycles. The minimum Gasteiger partial charge on any atom is -0.357 e. The van der Waals surface area contributed by atoms with Crippen molar-refractivity contribution < 1.29 is 4.79 Å². The van der Waals surface area contributed by atoms with Gasteiger partial charge in [-0.25, -0.2) is 0 Å². The minimum absolute atomic E-state index is 0.0612. The van der Waals surface area contributed by atoms with E-state index in [2.05, 4.69) is 56.1 Å². The summed E-state index contributed by atoms with van der Waals surface area (Å²) in [4.78, 5) is 16.5. The van der Waals surface area contributed by atoms with Crippen LogP contribution in [-0.4, -0.2) is 37.5 Å². The van der Waals surface area contributed by atoms with Gasteiger partial charge in [-0.2, -0.15) is 0 Å². The summed E-state index contributed by atoms with van der Waals surface area (Å²) in [7, 11) is 0. The molecule has 2 rings (SSSR count). The third-order valence-electron chi connectivity index (χ3n) is 4.27. The van der Waals surface area contributed by atoms with Gasteiger partial charge in [-0.3, -0.25) is 9.79 Å². The second-order valence-corrected chi connectivity index (χ2v) is 7.80. The predicted molar refractivity (Wildman–Crippen MR) is 107 cm³/mol. The number of carbonyl (C=O) groups excluding carboxylic acids is 1. The molecule has 1 amide bonds. The lowest BCUT2D eigenvalue weighted by Gasteiger charge is -2.16. The Hall–Kier alpha value is -1.56. The van der Waals surface area contributed by atoms with Crippen LogP contribution in [0.2, 0.25) is 0 Å². The number of hydrogen-bond acceptors (Lipinski definition) is 2. The van der Waals surface area contributed by atoms with E-state index in [-0.39, 0.29) is 17.4 Å². The van der Waals surface area contributed by atoms with E-state index in [1.54, 1.807) is 0 Å². The molecule has 0 bridgehead atoms. The van der Waals surface area contributed by atoms with Crippen LogP contribution in [0.15, 0.2) is 33.7 Å². The van der Waals surface area contributed by atoms with E-state index in [9.17, 15) is 4.79 Å². The van der Waals surface area contributed by atoms with Crippen molar-refractivity contribution in [3.63, 3.8) is 0 Å². The lowest BCUT2D eigenvalue weighted by Crippen LogP contribution is -2.40. The maximum atomic E-state index is 11.7. The Kier molecular flexibility index (Phi) is 7.29. The first-order valence-corrected chi connectivity index (χ1v) is 9.82. The molecule has 1 aromatic rings. The van der Waals surface area contributed by atoms with Gasteiger partial charge in [0.15, 0.2) is 5.96 Å². The van der Waals surface area contributed by atoms with Gasteiger partial charge in [0.1, 0.15) is 0 Å². The van der Waals surface area contributed by atoms with Gasteiger partial charge < -0.3 is 16.0 Å². The number of halogens is 1. The highest BCUT2D eigenvalue weighted by Crippen LogP contribution is 2.48. The van der Waals surface area contributed by atoms with Gasteiger partial charge in [-0.15, -0.1) is 0 Å². The first-order valence-electron chi connectivity index (χ1n) is 9.03. The molecule has 0 aromatic heterocycles.